The van der Waals surface area contributed by atoms with Gasteiger partial charge in [-0.2, -0.15) is 0 Å². The Balaban J connectivity index is 0.00000144. The van der Waals surface area contributed by atoms with Gasteiger partial charge < -0.3 is 10.6 Å². The van der Waals surface area contributed by atoms with E-state index < -0.39 is 0 Å². The minimum absolute atomic E-state index is 0. The van der Waals surface area contributed by atoms with Crippen LogP contribution in [0.2, 0.25) is 0 Å². The number of nitrogens with two attached hydrogens (primary N) is 1. The molecule has 0 amide bonds. The Bertz CT molecular complexity index is 185. The predicted octanol–water partition coefficient (Wildman–Crippen LogP) is 1.67. The van der Waals surface area contributed by atoms with Gasteiger partial charge >= 0.3 is 0 Å². The Morgan fingerprint density at radius 2 is 2.00 bits per heavy atom. The van der Waals surface area contributed by atoms with Crippen molar-refractivity contribution in [3.05, 3.63) is 0 Å². The van der Waals surface area contributed by atoms with Crippen molar-refractivity contribution in [1.29, 1.82) is 0 Å². The standard InChI is InChI=1S/C9H19N3.HI/c1-9(5-4-6-9)7-11-8(10)12(2)3;/h4-7H2,1-3H3,(H2,10,11);1H. The van der Waals surface area contributed by atoms with E-state index in [0.717, 1.165) is 6.54 Å². The van der Waals surface area contributed by atoms with Gasteiger partial charge in [0, 0.05) is 20.6 Å². The molecule has 1 aliphatic carbocycles. The summed E-state index contributed by atoms with van der Waals surface area (Å²) in [6.07, 6.45) is 3.96. The first-order chi connectivity index (χ1) is 5.53. The fraction of sp³-hybridized carbons (Fsp3) is 0.889. The van der Waals surface area contributed by atoms with Gasteiger partial charge in [0.25, 0.3) is 0 Å². The molecule has 0 aromatic heterocycles. The van der Waals surface area contributed by atoms with Crippen LogP contribution >= 0.6 is 24.0 Å². The Morgan fingerprint density at radius 1 is 1.46 bits per heavy atom. The van der Waals surface area contributed by atoms with Crippen molar-refractivity contribution < 1.29 is 0 Å². The van der Waals surface area contributed by atoms with E-state index in [0.29, 0.717) is 11.4 Å². The lowest BCUT2D eigenvalue weighted by Gasteiger charge is -2.37. The largest absolute Gasteiger partial charge is 0.370 e. The second kappa shape index (κ2) is 5.02. The Morgan fingerprint density at radius 3 is 2.31 bits per heavy atom. The molecule has 0 spiro atoms. The highest BCUT2D eigenvalue weighted by molar-refractivity contribution is 14.0. The number of aliphatic imine (C=N–C) groups is 1. The molecule has 0 heterocycles. The van der Waals surface area contributed by atoms with Gasteiger partial charge in [-0.15, -0.1) is 24.0 Å². The topological polar surface area (TPSA) is 41.6 Å². The average molecular weight is 297 g/mol. The summed E-state index contributed by atoms with van der Waals surface area (Å²) in [7, 11) is 3.84. The summed E-state index contributed by atoms with van der Waals surface area (Å²) in [6, 6.07) is 0. The van der Waals surface area contributed by atoms with Crippen molar-refractivity contribution in [1.82, 2.24) is 4.90 Å². The quantitative estimate of drug-likeness (QED) is 0.478. The molecular weight excluding hydrogens is 277 g/mol. The lowest BCUT2D eigenvalue weighted by Crippen LogP contribution is -2.34. The Labute approximate surface area is 97.8 Å². The molecule has 0 bridgehead atoms. The van der Waals surface area contributed by atoms with Crippen LogP contribution in [0.15, 0.2) is 4.99 Å². The van der Waals surface area contributed by atoms with Gasteiger partial charge in [-0.25, -0.2) is 0 Å². The van der Waals surface area contributed by atoms with Crippen LogP contribution in [0.1, 0.15) is 26.2 Å². The van der Waals surface area contributed by atoms with Crippen LogP contribution < -0.4 is 5.73 Å². The molecule has 13 heavy (non-hydrogen) atoms. The van der Waals surface area contributed by atoms with Crippen molar-refractivity contribution in [2.24, 2.45) is 16.1 Å². The molecule has 4 heteroatoms. The van der Waals surface area contributed by atoms with Crippen LogP contribution in [0.25, 0.3) is 0 Å². The lowest BCUT2D eigenvalue weighted by molar-refractivity contribution is 0.173. The molecule has 0 radical (unpaired) electrons. The summed E-state index contributed by atoms with van der Waals surface area (Å²) in [5.41, 5.74) is 6.12. The molecular formula is C9H20IN3. The van der Waals surface area contributed by atoms with Gasteiger partial charge in [0.1, 0.15) is 0 Å². The fourth-order valence-corrected chi connectivity index (χ4v) is 1.35. The second-order valence-corrected chi connectivity index (χ2v) is 4.23. The van der Waals surface area contributed by atoms with E-state index in [1.165, 1.54) is 19.3 Å². The number of rotatable bonds is 2. The molecule has 2 N–H and O–H groups in total. The van der Waals surface area contributed by atoms with Crippen LogP contribution in [-0.4, -0.2) is 31.5 Å². The molecule has 1 saturated carbocycles. The number of hydrogen-bond donors (Lipinski definition) is 1. The number of halogens is 1. The SMILES string of the molecule is CN(C)C(N)=NCC1(C)CCC1.I. The summed E-state index contributed by atoms with van der Waals surface area (Å²) < 4.78 is 0. The first-order valence-corrected chi connectivity index (χ1v) is 4.51. The monoisotopic (exact) mass is 297 g/mol. The van der Waals surface area contributed by atoms with Crippen molar-refractivity contribution in [2.75, 3.05) is 20.6 Å². The maximum atomic E-state index is 5.68. The van der Waals surface area contributed by atoms with E-state index in [4.69, 9.17) is 5.73 Å². The van der Waals surface area contributed by atoms with Crippen LogP contribution in [-0.2, 0) is 0 Å². The number of hydrogen-bond acceptors (Lipinski definition) is 1. The molecule has 0 unspecified atom stereocenters. The summed E-state index contributed by atoms with van der Waals surface area (Å²) in [5.74, 6) is 0.642. The van der Waals surface area contributed by atoms with E-state index in [1.807, 2.05) is 19.0 Å². The van der Waals surface area contributed by atoms with E-state index in [2.05, 4.69) is 11.9 Å². The van der Waals surface area contributed by atoms with Gasteiger partial charge in [0.15, 0.2) is 5.96 Å². The maximum Gasteiger partial charge on any atom is 0.190 e. The van der Waals surface area contributed by atoms with Crippen molar-refractivity contribution in [2.45, 2.75) is 26.2 Å². The molecule has 78 valence electrons. The van der Waals surface area contributed by atoms with Crippen molar-refractivity contribution >= 4 is 29.9 Å². The lowest BCUT2D eigenvalue weighted by atomic mass is 9.71. The van der Waals surface area contributed by atoms with Gasteiger partial charge in [-0.05, 0) is 18.3 Å². The maximum absolute atomic E-state index is 5.68. The first kappa shape index (κ1) is 13.0. The highest BCUT2D eigenvalue weighted by Crippen LogP contribution is 2.40. The summed E-state index contributed by atoms with van der Waals surface area (Å²) in [4.78, 5) is 6.19. The third kappa shape index (κ3) is 3.70. The summed E-state index contributed by atoms with van der Waals surface area (Å²) in [5, 5.41) is 0. The molecule has 1 fully saturated rings. The molecule has 0 aliphatic heterocycles. The van der Waals surface area contributed by atoms with Crippen LogP contribution in [0.4, 0.5) is 0 Å². The Kier molecular flexibility index (Phi) is 5.02. The van der Waals surface area contributed by atoms with Gasteiger partial charge in [0.05, 0.1) is 0 Å². The van der Waals surface area contributed by atoms with Crippen LogP contribution in [0.5, 0.6) is 0 Å². The van der Waals surface area contributed by atoms with Crippen LogP contribution in [0.3, 0.4) is 0 Å². The van der Waals surface area contributed by atoms with Gasteiger partial charge in [0.2, 0.25) is 0 Å². The number of guanidine groups is 1. The van der Waals surface area contributed by atoms with E-state index in [9.17, 15) is 0 Å². The molecule has 3 nitrogen and oxygen atoms in total. The summed E-state index contributed by atoms with van der Waals surface area (Å²) >= 11 is 0. The minimum Gasteiger partial charge on any atom is -0.370 e. The molecule has 1 aliphatic rings. The third-order valence-electron chi connectivity index (χ3n) is 2.64. The Hall–Kier alpha value is 0. The predicted molar refractivity (Wildman–Crippen MR) is 67.5 cm³/mol. The molecule has 0 saturated heterocycles. The van der Waals surface area contributed by atoms with Crippen molar-refractivity contribution in [3.63, 3.8) is 0 Å². The van der Waals surface area contributed by atoms with Crippen molar-refractivity contribution in [3.8, 4) is 0 Å². The first-order valence-electron chi connectivity index (χ1n) is 4.51. The van der Waals surface area contributed by atoms with Crippen LogP contribution in [0, 0.1) is 5.41 Å². The number of nitrogens with zero attached hydrogens (tertiary/aromatic N) is 2. The zero-order valence-corrected chi connectivity index (χ0v) is 11.0. The zero-order chi connectivity index (χ0) is 9.19. The normalized spacial score (nSPS) is 20.1. The average Bonchev–Trinajstić information content (AvgIpc) is 1.96. The van der Waals surface area contributed by atoms with E-state index in [-0.39, 0.29) is 24.0 Å². The minimum atomic E-state index is 0. The van der Waals surface area contributed by atoms with E-state index in [1.54, 1.807) is 0 Å². The highest BCUT2D eigenvalue weighted by Gasteiger charge is 2.31. The summed E-state index contributed by atoms with van der Waals surface area (Å²) in [6.45, 7) is 3.17. The molecule has 0 atom stereocenters. The zero-order valence-electron chi connectivity index (χ0n) is 8.71. The third-order valence-corrected chi connectivity index (χ3v) is 2.64. The molecule has 0 aromatic rings. The highest BCUT2D eigenvalue weighted by atomic mass is 127. The molecule has 0 aromatic carbocycles. The second-order valence-electron chi connectivity index (χ2n) is 4.23. The molecule has 1 rings (SSSR count). The van der Waals surface area contributed by atoms with E-state index >= 15 is 0 Å². The smallest absolute Gasteiger partial charge is 0.190 e. The fourth-order valence-electron chi connectivity index (χ4n) is 1.35. The van der Waals surface area contributed by atoms with Gasteiger partial charge in [-0.3, -0.25) is 4.99 Å². The van der Waals surface area contributed by atoms with Gasteiger partial charge in [-0.1, -0.05) is 13.3 Å².